The van der Waals surface area contributed by atoms with Gasteiger partial charge in [0.05, 0.1) is 42.8 Å². The van der Waals surface area contributed by atoms with Crippen molar-refractivity contribution < 1.29 is 66.2 Å². The minimum atomic E-state index is -4.68. The van der Waals surface area contributed by atoms with E-state index in [0.29, 0.717) is 32.4 Å². The van der Waals surface area contributed by atoms with Gasteiger partial charge in [-0.2, -0.15) is 13.2 Å². The number of benzene rings is 1. The average molecular weight is 1140 g/mol. The maximum Gasteiger partial charge on any atom is 0.416 e. The number of nitrogens with one attached hydrogen (secondary N) is 4. The Balaban J connectivity index is 2.31. The molecule has 3 unspecified atom stereocenters. The number of nitrogens with zero attached hydrogens (tertiary/aromatic N) is 5. The summed E-state index contributed by atoms with van der Waals surface area (Å²) in [5, 5.41) is 21.7. The van der Waals surface area contributed by atoms with Gasteiger partial charge >= 0.3 is 6.18 Å². The number of ether oxygens (including phenoxy) is 1. The fourth-order valence-electron chi connectivity index (χ4n) is 9.93. The van der Waals surface area contributed by atoms with E-state index in [-0.39, 0.29) is 68.5 Å². The third-order valence-corrected chi connectivity index (χ3v) is 14.2. The zero-order chi connectivity index (χ0) is 60.6. The van der Waals surface area contributed by atoms with Crippen molar-refractivity contribution in [2.75, 3.05) is 53.9 Å². The number of likely N-dealkylation sites (tertiary alicyclic amines) is 1. The van der Waals surface area contributed by atoms with Crippen LogP contribution in [0.15, 0.2) is 24.3 Å². The normalized spacial score (nSPS) is 24.7. The van der Waals surface area contributed by atoms with Gasteiger partial charge in [-0.05, 0) is 108 Å². The monoisotopic (exact) mass is 1140 g/mol. The highest BCUT2D eigenvalue weighted by molar-refractivity contribution is 5.98. The molecule has 0 radical (unpaired) electrons. The molecule has 2 saturated heterocycles. The Bertz CT molecular complexity index is 2270. The zero-order valence-electron chi connectivity index (χ0n) is 49.7. The summed E-state index contributed by atoms with van der Waals surface area (Å²) < 4.78 is 47.5. The van der Waals surface area contributed by atoms with E-state index in [4.69, 9.17) is 4.74 Å². The number of piperidine rings is 1. The first-order valence-electron chi connectivity index (χ1n) is 28.2. The van der Waals surface area contributed by atoms with Crippen LogP contribution >= 0.6 is 0 Å². The molecule has 5 N–H and O–H groups in total. The van der Waals surface area contributed by atoms with E-state index in [2.05, 4.69) is 21.3 Å². The van der Waals surface area contributed by atoms with Crippen LogP contribution in [0.5, 0.6) is 0 Å². The highest BCUT2D eigenvalue weighted by Gasteiger charge is 2.41. The van der Waals surface area contributed by atoms with Crippen LogP contribution in [0, 0.1) is 17.8 Å². The number of likely N-dealkylation sites (N-methyl/N-ethyl adjacent to an activating group) is 3. The summed E-state index contributed by atoms with van der Waals surface area (Å²) in [6.07, 6.45) is -5.73. The van der Waals surface area contributed by atoms with E-state index < -0.39 is 132 Å². The molecule has 20 nitrogen and oxygen atoms in total. The van der Waals surface area contributed by atoms with Gasteiger partial charge in [0, 0.05) is 53.7 Å². The number of aliphatic hydroxyl groups excluding tert-OH is 1. The number of hydrogen-bond donors (Lipinski definition) is 5. The predicted octanol–water partition coefficient (Wildman–Crippen LogP) is 4.05. The second-order valence-corrected chi connectivity index (χ2v) is 23.9. The standard InChI is InChI=1S/C57H92F3N9O11/c1-15-23-69-33-46(71)64-49(37(8)70)52(76)63-42(54(78)68-24-17-16-18-25-68)31-47(72)65(12)44(27-35(4)5)51(75)62-41(29-38-19-21-39(22-20-38)57(58,59)60)53(77)67(14)45(28-36(6)7)55(79)66(13)43(26-34(2)3)50(74)61-32-40(30-48(69)73)80-56(9,10)11/h19-22,34-37,40-45,49,70H,15-18,23-33H2,1-14H3,(H,61,74)(H,62,75)(H,63,76)(H,64,71)/t37-,40?,41+,42+,43+,44?,45?,49+/m1/s1. The molecule has 1 aromatic rings. The summed E-state index contributed by atoms with van der Waals surface area (Å²) in [7, 11) is 4.14. The molecular formula is C57H92F3N9O11. The van der Waals surface area contributed by atoms with Crippen molar-refractivity contribution in [2.24, 2.45) is 17.8 Å². The molecule has 0 aliphatic carbocycles. The first-order valence-corrected chi connectivity index (χ1v) is 28.2. The second kappa shape index (κ2) is 30.8. The predicted molar refractivity (Wildman–Crippen MR) is 295 cm³/mol. The Labute approximate surface area is 471 Å². The Hall–Kier alpha value is -5.84. The third-order valence-electron chi connectivity index (χ3n) is 14.2. The zero-order valence-corrected chi connectivity index (χ0v) is 49.7. The Morgan fingerprint density at radius 3 is 1.74 bits per heavy atom. The summed E-state index contributed by atoms with van der Waals surface area (Å²) in [5.41, 5.74) is -1.56. The van der Waals surface area contributed by atoms with Gasteiger partial charge in [-0.15, -0.1) is 0 Å². The number of hydrogen-bond acceptors (Lipinski definition) is 11. The maximum absolute atomic E-state index is 15.1. The smallest absolute Gasteiger partial charge is 0.391 e. The lowest BCUT2D eigenvalue weighted by atomic mass is 9.96. The molecule has 0 spiro atoms. The molecule has 3 rings (SSSR count). The van der Waals surface area contributed by atoms with Gasteiger partial charge in [-0.1, -0.05) is 60.6 Å². The van der Waals surface area contributed by atoms with Gasteiger partial charge < -0.3 is 55.6 Å². The third kappa shape index (κ3) is 21.2. The Kier molecular flexibility index (Phi) is 26.4. The second-order valence-electron chi connectivity index (χ2n) is 23.9. The van der Waals surface area contributed by atoms with Gasteiger partial charge in [-0.25, -0.2) is 0 Å². The molecule has 2 aliphatic rings. The lowest BCUT2D eigenvalue weighted by Gasteiger charge is -2.37. The molecule has 452 valence electrons. The molecule has 9 amide bonds. The van der Waals surface area contributed by atoms with Crippen molar-refractivity contribution in [3.05, 3.63) is 35.4 Å². The van der Waals surface area contributed by atoms with Crippen LogP contribution in [0.2, 0.25) is 0 Å². The molecule has 23 heteroatoms. The van der Waals surface area contributed by atoms with Crippen LogP contribution in [0.25, 0.3) is 0 Å². The van der Waals surface area contributed by atoms with E-state index in [1.54, 1.807) is 41.5 Å². The van der Waals surface area contributed by atoms with Crippen molar-refractivity contribution in [1.29, 1.82) is 0 Å². The Morgan fingerprint density at radius 2 is 1.23 bits per heavy atom. The number of alkyl halides is 3. The van der Waals surface area contributed by atoms with Crippen LogP contribution in [0.1, 0.15) is 145 Å². The molecule has 80 heavy (non-hydrogen) atoms. The van der Waals surface area contributed by atoms with Crippen LogP contribution in [0.4, 0.5) is 13.2 Å². The molecule has 2 aliphatic heterocycles. The van der Waals surface area contributed by atoms with Crippen molar-refractivity contribution in [2.45, 2.75) is 201 Å². The lowest BCUT2D eigenvalue weighted by molar-refractivity contribution is -0.150. The average Bonchev–Trinajstić information content (AvgIpc) is 3.37. The van der Waals surface area contributed by atoms with Crippen LogP contribution in [0.3, 0.4) is 0 Å². The number of rotatable bonds is 13. The minimum Gasteiger partial charge on any atom is -0.391 e. The molecule has 0 aromatic heterocycles. The molecule has 0 saturated carbocycles. The fourth-order valence-corrected chi connectivity index (χ4v) is 9.93. The summed E-state index contributed by atoms with van der Waals surface area (Å²) in [6.45, 7) is 19.3. The van der Waals surface area contributed by atoms with E-state index in [0.717, 1.165) is 28.4 Å². The molecule has 2 heterocycles. The number of halogens is 3. The van der Waals surface area contributed by atoms with Gasteiger partial charge in [0.15, 0.2) is 0 Å². The maximum atomic E-state index is 15.1. The number of carbonyl (C=O) groups excluding carboxylic acids is 9. The van der Waals surface area contributed by atoms with Crippen molar-refractivity contribution in [1.82, 2.24) is 45.8 Å². The van der Waals surface area contributed by atoms with Gasteiger partial charge in [-0.3, -0.25) is 43.2 Å². The van der Waals surface area contributed by atoms with Crippen LogP contribution in [-0.2, 0) is 60.5 Å². The minimum absolute atomic E-state index is 0.0114. The highest BCUT2D eigenvalue weighted by Crippen LogP contribution is 2.30. The van der Waals surface area contributed by atoms with Crippen LogP contribution in [-0.4, -0.2) is 191 Å². The summed E-state index contributed by atoms with van der Waals surface area (Å²) >= 11 is 0. The van der Waals surface area contributed by atoms with Crippen molar-refractivity contribution in [3.63, 3.8) is 0 Å². The van der Waals surface area contributed by atoms with E-state index in [1.807, 2.05) is 27.7 Å². The highest BCUT2D eigenvalue weighted by atomic mass is 19.4. The quantitative estimate of drug-likeness (QED) is 0.189. The summed E-state index contributed by atoms with van der Waals surface area (Å²) in [6, 6.07) is -4.42. The molecule has 8 atom stereocenters. The van der Waals surface area contributed by atoms with Gasteiger partial charge in [0.25, 0.3) is 0 Å². The van der Waals surface area contributed by atoms with E-state index >= 15 is 4.79 Å². The van der Waals surface area contributed by atoms with E-state index in [9.17, 15) is 56.6 Å². The molecule has 2 fully saturated rings. The first-order chi connectivity index (χ1) is 37.1. The molecule has 1 aromatic carbocycles. The van der Waals surface area contributed by atoms with Crippen molar-refractivity contribution >= 4 is 53.2 Å². The topological polar surface area (TPSA) is 247 Å². The summed E-state index contributed by atoms with van der Waals surface area (Å²) in [4.78, 5) is 137. The number of aliphatic hydroxyl groups is 1. The molecular weight excluding hydrogens is 1040 g/mol. The molecule has 0 bridgehead atoms. The largest absolute Gasteiger partial charge is 0.416 e. The van der Waals surface area contributed by atoms with Crippen molar-refractivity contribution in [3.8, 4) is 0 Å². The SMILES string of the molecule is CCCN1CC(=O)N[C@@H]([C@@H](C)O)C(=O)N[C@H](C(=O)N2CCCCC2)CC(=O)N(C)C(CC(C)C)C(=O)N[C@@H](Cc2ccc(C(F)(F)F)cc2)C(=O)N(C)C(CC(C)C)C(=O)N(C)[C@@H](CC(C)C)C(=O)NCC(OC(C)(C)C)CC1=O. The number of amides is 9. The first kappa shape index (κ1) is 68.4. The van der Waals surface area contributed by atoms with Gasteiger partial charge in [0.2, 0.25) is 53.2 Å². The Morgan fingerprint density at radius 1 is 0.688 bits per heavy atom. The lowest BCUT2D eigenvalue weighted by Crippen LogP contribution is -2.60. The van der Waals surface area contributed by atoms with Gasteiger partial charge in [0.1, 0.15) is 36.3 Å². The fraction of sp³-hybridized carbons (Fsp3) is 0.737. The van der Waals surface area contributed by atoms with Crippen LogP contribution < -0.4 is 21.3 Å². The van der Waals surface area contributed by atoms with E-state index in [1.165, 1.54) is 54.9 Å². The number of carbonyl (C=O) groups is 9. The summed E-state index contributed by atoms with van der Waals surface area (Å²) in [5.74, 6) is -7.26.